The molecular weight excluding hydrogens is 584 g/mol. The van der Waals surface area contributed by atoms with E-state index in [9.17, 15) is 14.0 Å². The van der Waals surface area contributed by atoms with Gasteiger partial charge in [-0.05, 0) is 65.7 Å². The Labute approximate surface area is 250 Å². The third-order valence-electron chi connectivity index (χ3n) is 5.89. The summed E-state index contributed by atoms with van der Waals surface area (Å²) in [6.45, 7) is 0.435. The Hall–Kier alpha value is -4.11. The van der Waals surface area contributed by atoms with Crippen LogP contribution in [0.5, 0.6) is 5.75 Å². The summed E-state index contributed by atoms with van der Waals surface area (Å²) < 4.78 is 20.5. The van der Waals surface area contributed by atoms with Gasteiger partial charge in [0.15, 0.2) is 5.17 Å². The fourth-order valence-corrected chi connectivity index (χ4v) is 5.01. The van der Waals surface area contributed by atoms with Crippen LogP contribution < -0.4 is 15.0 Å². The maximum Gasteiger partial charge on any atom is 0.283 e. The molecule has 206 valence electrons. The smallest absolute Gasteiger partial charge is 0.283 e. The highest BCUT2D eigenvalue weighted by Gasteiger charge is 2.34. The van der Waals surface area contributed by atoms with Gasteiger partial charge in [0, 0.05) is 5.69 Å². The van der Waals surface area contributed by atoms with Gasteiger partial charge in [0.1, 0.15) is 23.9 Å². The molecule has 10 heteroatoms. The molecule has 1 heterocycles. The first-order chi connectivity index (χ1) is 19.9. The number of rotatable bonds is 8. The van der Waals surface area contributed by atoms with Crippen molar-refractivity contribution in [2.75, 3.05) is 16.0 Å². The van der Waals surface area contributed by atoms with Gasteiger partial charge in [-0.2, -0.15) is 0 Å². The monoisotopic (exact) mass is 605 g/mol. The first kappa shape index (κ1) is 28.4. The summed E-state index contributed by atoms with van der Waals surface area (Å²) in [4.78, 5) is 31.7. The number of anilines is 2. The van der Waals surface area contributed by atoms with E-state index in [1.54, 1.807) is 48.5 Å². The Kier molecular flexibility index (Phi) is 9.04. The predicted octanol–water partition coefficient (Wildman–Crippen LogP) is 7.83. The van der Waals surface area contributed by atoms with Crippen LogP contribution in [-0.4, -0.2) is 22.7 Å². The molecule has 0 bridgehead atoms. The number of thioether (sulfide) groups is 1. The molecule has 1 N–H and O–H groups in total. The normalized spacial score (nSPS) is 13.8. The van der Waals surface area contributed by atoms with Gasteiger partial charge >= 0.3 is 0 Å². The van der Waals surface area contributed by atoms with Crippen LogP contribution in [-0.2, 0) is 16.2 Å². The molecule has 5 rings (SSSR count). The Balaban J connectivity index is 1.27. The molecule has 0 aromatic heterocycles. The van der Waals surface area contributed by atoms with Gasteiger partial charge in [-0.25, -0.2) is 9.38 Å². The number of para-hydroxylation sites is 1. The molecule has 1 aliphatic rings. The van der Waals surface area contributed by atoms with Crippen molar-refractivity contribution in [1.82, 2.24) is 0 Å². The standard InChI is InChI=1S/C31H22Cl2FN3O3S/c32-24-15-10-21(16-25(24)33)17-27-30(39)37(28-9-5-4-8-26(28)34)31(36-27)41-19-29(38)35-22-11-13-23(14-12-22)40-18-20-6-2-1-3-7-20/h1-17H,18-19H2,(H,35,38)/b27-17-. The zero-order chi connectivity index (χ0) is 28.8. The molecule has 1 aliphatic heterocycles. The summed E-state index contributed by atoms with van der Waals surface area (Å²) in [6.07, 6.45) is 1.54. The van der Waals surface area contributed by atoms with Gasteiger partial charge in [0.2, 0.25) is 5.91 Å². The Morgan fingerprint density at radius 2 is 1.68 bits per heavy atom. The van der Waals surface area contributed by atoms with Crippen molar-refractivity contribution in [3.05, 3.63) is 130 Å². The lowest BCUT2D eigenvalue weighted by Crippen LogP contribution is -2.32. The van der Waals surface area contributed by atoms with E-state index < -0.39 is 11.7 Å². The Morgan fingerprint density at radius 3 is 2.41 bits per heavy atom. The SMILES string of the molecule is O=C(CSC1=N/C(=C\c2ccc(Cl)c(Cl)c2)C(=O)N1c1ccccc1F)Nc1ccc(OCc2ccccc2)cc1. The summed E-state index contributed by atoms with van der Waals surface area (Å²) in [7, 11) is 0. The van der Waals surface area contributed by atoms with Crippen LogP contribution in [0.25, 0.3) is 6.08 Å². The molecule has 4 aromatic carbocycles. The quantitative estimate of drug-likeness (QED) is 0.208. The number of carbonyl (C=O) groups is 2. The van der Waals surface area contributed by atoms with Crippen LogP contribution in [0.3, 0.4) is 0 Å². The molecule has 0 unspecified atom stereocenters. The van der Waals surface area contributed by atoms with E-state index in [-0.39, 0.29) is 28.2 Å². The largest absolute Gasteiger partial charge is 0.489 e. The fraction of sp³-hybridized carbons (Fsp3) is 0.0645. The van der Waals surface area contributed by atoms with E-state index in [1.165, 1.54) is 24.3 Å². The van der Waals surface area contributed by atoms with Crippen LogP contribution in [0, 0.1) is 5.82 Å². The van der Waals surface area contributed by atoms with E-state index in [1.807, 2.05) is 30.3 Å². The van der Waals surface area contributed by atoms with Crippen LogP contribution in [0.2, 0.25) is 10.0 Å². The van der Waals surface area contributed by atoms with Crippen LogP contribution in [0.1, 0.15) is 11.1 Å². The van der Waals surface area contributed by atoms with Crippen molar-refractivity contribution in [2.45, 2.75) is 6.61 Å². The van der Waals surface area contributed by atoms with Gasteiger partial charge in [-0.1, -0.05) is 83.5 Å². The third-order valence-corrected chi connectivity index (χ3v) is 7.57. The summed E-state index contributed by atoms with van der Waals surface area (Å²) in [6, 6.07) is 27.6. The van der Waals surface area contributed by atoms with Crippen molar-refractivity contribution in [3.8, 4) is 5.75 Å². The summed E-state index contributed by atoms with van der Waals surface area (Å²) in [5.74, 6) is -0.844. The van der Waals surface area contributed by atoms with Crippen LogP contribution >= 0.6 is 35.0 Å². The summed E-state index contributed by atoms with van der Waals surface area (Å²) in [5, 5.41) is 3.69. The second kappa shape index (κ2) is 13.0. The molecule has 0 saturated heterocycles. The number of nitrogens with zero attached hydrogens (tertiary/aromatic N) is 2. The van der Waals surface area contributed by atoms with E-state index in [4.69, 9.17) is 27.9 Å². The zero-order valence-electron chi connectivity index (χ0n) is 21.4. The van der Waals surface area contributed by atoms with Gasteiger partial charge in [-0.15, -0.1) is 0 Å². The number of halogens is 3. The zero-order valence-corrected chi connectivity index (χ0v) is 23.7. The van der Waals surface area contributed by atoms with Gasteiger partial charge < -0.3 is 10.1 Å². The fourth-order valence-electron chi connectivity index (χ4n) is 3.90. The topological polar surface area (TPSA) is 71.0 Å². The number of hydrogen-bond donors (Lipinski definition) is 1. The van der Waals surface area contributed by atoms with E-state index in [0.29, 0.717) is 33.7 Å². The second-order valence-electron chi connectivity index (χ2n) is 8.82. The van der Waals surface area contributed by atoms with Crippen LogP contribution in [0.15, 0.2) is 108 Å². The first-order valence-electron chi connectivity index (χ1n) is 12.4. The summed E-state index contributed by atoms with van der Waals surface area (Å²) in [5.41, 5.74) is 2.33. The Bertz CT molecular complexity index is 1650. The average molecular weight is 607 g/mol. The minimum atomic E-state index is -0.594. The molecule has 2 amide bonds. The van der Waals surface area contributed by atoms with Crippen molar-refractivity contribution in [3.63, 3.8) is 0 Å². The maximum absolute atomic E-state index is 14.7. The number of carbonyl (C=O) groups excluding carboxylic acids is 2. The molecule has 6 nitrogen and oxygen atoms in total. The van der Waals surface area contributed by atoms with Gasteiger partial charge in [0.05, 0.1) is 21.5 Å². The highest BCUT2D eigenvalue weighted by Crippen LogP contribution is 2.32. The number of aliphatic imine (C=N–C) groups is 1. The van der Waals surface area contributed by atoms with Gasteiger partial charge in [-0.3, -0.25) is 14.5 Å². The highest BCUT2D eigenvalue weighted by molar-refractivity contribution is 8.14. The van der Waals surface area contributed by atoms with Crippen molar-refractivity contribution >= 4 is 69.4 Å². The molecule has 0 aliphatic carbocycles. The van der Waals surface area contributed by atoms with E-state index in [0.717, 1.165) is 22.2 Å². The molecule has 0 fully saturated rings. The number of nitrogens with one attached hydrogen (secondary N) is 1. The maximum atomic E-state index is 14.7. The lowest BCUT2D eigenvalue weighted by Gasteiger charge is -2.18. The lowest BCUT2D eigenvalue weighted by molar-refractivity contribution is -0.114. The number of hydrogen-bond acceptors (Lipinski definition) is 5. The molecule has 41 heavy (non-hydrogen) atoms. The number of amides is 2. The summed E-state index contributed by atoms with van der Waals surface area (Å²) >= 11 is 13.1. The molecule has 0 saturated carbocycles. The number of benzene rings is 4. The average Bonchev–Trinajstić information content (AvgIpc) is 3.28. The van der Waals surface area contributed by atoms with E-state index >= 15 is 0 Å². The van der Waals surface area contributed by atoms with Crippen molar-refractivity contribution in [1.29, 1.82) is 0 Å². The number of amidine groups is 1. The molecule has 0 radical (unpaired) electrons. The predicted molar refractivity (Wildman–Crippen MR) is 164 cm³/mol. The van der Waals surface area contributed by atoms with Crippen molar-refractivity contribution < 1.29 is 18.7 Å². The second-order valence-corrected chi connectivity index (χ2v) is 10.6. The Morgan fingerprint density at radius 1 is 0.951 bits per heavy atom. The van der Waals surface area contributed by atoms with E-state index in [2.05, 4.69) is 10.3 Å². The van der Waals surface area contributed by atoms with Crippen LogP contribution in [0.4, 0.5) is 15.8 Å². The molecular formula is C31H22Cl2FN3O3S. The highest BCUT2D eigenvalue weighted by atomic mass is 35.5. The van der Waals surface area contributed by atoms with Gasteiger partial charge in [0.25, 0.3) is 5.91 Å². The van der Waals surface area contributed by atoms with Crippen molar-refractivity contribution in [2.24, 2.45) is 4.99 Å². The molecule has 0 spiro atoms. The lowest BCUT2D eigenvalue weighted by atomic mass is 10.2. The number of ether oxygens (including phenoxy) is 1. The first-order valence-corrected chi connectivity index (χ1v) is 14.2. The molecule has 0 atom stereocenters. The minimum absolute atomic E-state index is 0.0350. The minimum Gasteiger partial charge on any atom is -0.489 e. The molecule has 4 aromatic rings. The third kappa shape index (κ3) is 7.16.